The number of carbonyl (C=O) groups is 1. The lowest BCUT2D eigenvalue weighted by molar-refractivity contribution is 0.0878. The van der Waals surface area contributed by atoms with Crippen LogP contribution in [0.5, 0.6) is 0 Å². The Balaban J connectivity index is 2.63. The summed E-state index contributed by atoms with van der Waals surface area (Å²) in [5.41, 5.74) is 0.254. The number of methoxy groups -OCH3 is 1. The normalized spacial score (nSPS) is 12.2. The first kappa shape index (κ1) is 13.6. The SMILES string of the molecule is COCC(CCO)NC(=O)c1cccc(F)c1. The highest BCUT2D eigenvalue weighted by Gasteiger charge is 2.13. The van der Waals surface area contributed by atoms with Crippen LogP contribution in [-0.2, 0) is 4.74 Å². The molecule has 0 aliphatic rings. The number of amides is 1. The molecule has 0 bridgehead atoms. The number of ether oxygens (including phenoxy) is 1. The molecule has 1 atom stereocenters. The van der Waals surface area contributed by atoms with E-state index in [0.29, 0.717) is 13.0 Å². The van der Waals surface area contributed by atoms with E-state index in [-0.39, 0.29) is 24.1 Å². The summed E-state index contributed by atoms with van der Waals surface area (Å²) in [6.45, 7) is 0.263. The first-order valence-electron chi connectivity index (χ1n) is 5.33. The Morgan fingerprint density at radius 1 is 1.59 bits per heavy atom. The van der Waals surface area contributed by atoms with Gasteiger partial charge in [-0.3, -0.25) is 4.79 Å². The number of halogens is 1. The maximum Gasteiger partial charge on any atom is 0.251 e. The predicted octanol–water partition coefficient (Wildman–Crippen LogP) is 0.953. The standard InChI is InChI=1S/C12H16FNO3/c1-17-8-11(5-6-15)14-12(16)9-3-2-4-10(13)7-9/h2-4,7,11,15H,5-6,8H2,1H3,(H,14,16). The maximum absolute atomic E-state index is 12.9. The molecule has 17 heavy (non-hydrogen) atoms. The van der Waals surface area contributed by atoms with Crippen molar-refractivity contribution in [3.63, 3.8) is 0 Å². The maximum atomic E-state index is 12.9. The molecule has 1 rings (SSSR count). The fourth-order valence-electron chi connectivity index (χ4n) is 1.45. The summed E-state index contributed by atoms with van der Waals surface area (Å²) in [6.07, 6.45) is 0.398. The van der Waals surface area contributed by atoms with Gasteiger partial charge < -0.3 is 15.2 Å². The van der Waals surface area contributed by atoms with Gasteiger partial charge in [-0.05, 0) is 24.6 Å². The Bertz CT molecular complexity index is 365. The lowest BCUT2D eigenvalue weighted by Gasteiger charge is -2.16. The third-order valence-corrected chi connectivity index (χ3v) is 2.27. The number of hydrogen-bond acceptors (Lipinski definition) is 3. The van der Waals surface area contributed by atoms with Crippen molar-refractivity contribution in [3.8, 4) is 0 Å². The Hall–Kier alpha value is -1.46. The molecule has 0 aliphatic carbocycles. The van der Waals surface area contributed by atoms with E-state index in [9.17, 15) is 9.18 Å². The van der Waals surface area contributed by atoms with Gasteiger partial charge in [0.25, 0.3) is 5.91 Å². The van der Waals surface area contributed by atoms with Crippen LogP contribution < -0.4 is 5.32 Å². The average Bonchev–Trinajstić information content (AvgIpc) is 2.29. The molecular formula is C12H16FNO3. The van der Waals surface area contributed by atoms with Gasteiger partial charge in [0.2, 0.25) is 0 Å². The number of carbonyl (C=O) groups excluding carboxylic acids is 1. The van der Waals surface area contributed by atoms with Crippen molar-refractivity contribution < 1.29 is 19.0 Å². The van der Waals surface area contributed by atoms with Crippen molar-refractivity contribution in [2.24, 2.45) is 0 Å². The van der Waals surface area contributed by atoms with Crippen molar-refractivity contribution in [1.82, 2.24) is 5.32 Å². The Morgan fingerprint density at radius 3 is 2.94 bits per heavy atom. The summed E-state index contributed by atoms with van der Waals surface area (Å²) in [7, 11) is 1.51. The molecule has 1 aromatic carbocycles. The molecule has 5 heteroatoms. The topological polar surface area (TPSA) is 58.6 Å². The Morgan fingerprint density at radius 2 is 2.35 bits per heavy atom. The minimum Gasteiger partial charge on any atom is -0.396 e. The van der Waals surface area contributed by atoms with E-state index in [2.05, 4.69) is 5.32 Å². The van der Waals surface area contributed by atoms with Gasteiger partial charge in [0.15, 0.2) is 0 Å². The van der Waals surface area contributed by atoms with Crippen LogP contribution in [0.4, 0.5) is 4.39 Å². The van der Waals surface area contributed by atoms with Gasteiger partial charge in [-0.2, -0.15) is 0 Å². The Kier molecular flexibility index (Phi) is 5.59. The zero-order valence-electron chi connectivity index (χ0n) is 9.65. The van der Waals surface area contributed by atoms with Gasteiger partial charge in [-0.15, -0.1) is 0 Å². The highest BCUT2D eigenvalue weighted by Crippen LogP contribution is 2.04. The molecule has 94 valence electrons. The molecule has 1 unspecified atom stereocenters. The number of benzene rings is 1. The lowest BCUT2D eigenvalue weighted by atomic mass is 10.1. The van der Waals surface area contributed by atoms with E-state index in [1.54, 1.807) is 0 Å². The lowest BCUT2D eigenvalue weighted by Crippen LogP contribution is -2.38. The van der Waals surface area contributed by atoms with Crippen molar-refractivity contribution in [2.45, 2.75) is 12.5 Å². The van der Waals surface area contributed by atoms with Crippen LogP contribution in [0.2, 0.25) is 0 Å². The van der Waals surface area contributed by atoms with Crippen LogP contribution in [0.15, 0.2) is 24.3 Å². The molecule has 0 aliphatic heterocycles. The molecule has 4 nitrogen and oxygen atoms in total. The van der Waals surface area contributed by atoms with Crippen molar-refractivity contribution in [1.29, 1.82) is 0 Å². The van der Waals surface area contributed by atoms with Crippen LogP contribution in [0.3, 0.4) is 0 Å². The number of hydrogen-bond donors (Lipinski definition) is 2. The van der Waals surface area contributed by atoms with Gasteiger partial charge in [-0.25, -0.2) is 4.39 Å². The summed E-state index contributed by atoms with van der Waals surface area (Å²) in [4.78, 5) is 11.7. The predicted molar refractivity (Wildman–Crippen MR) is 61.2 cm³/mol. The van der Waals surface area contributed by atoms with E-state index in [1.165, 1.54) is 25.3 Å². The second-order valence-corrected chi connectivity index (χ2v) is 3.65. The van der Waals surface area contributed by atoms with Crippen molar-refractivity contribution in [3.05, 3.63) is 35.6 Å². The van der Waals surface area contributed by atoms with Gasteiger partial charge in [0, 0.05) is 19.3 Å². The zero-order chi connectivity index (χ0) is 12.7. The summed E-state index contributed by atoms with van der Waals surface area (Å²) in [5.74, 6) is -0.830. The minimum absolute atomic E-state index is 0.0442. The van der Waals surface area contributed by atoms with Crippen LogP contribution in [0, 0.1) is 5.82 Å². The van der Waals surface area contributed by atoms with Crippen LogP contribution in [0.25, 0.3) is 0 Å². The summed E-state index contributed by atoms with van der Waals surface area (Å²) in [6, 6.07) is 5.17. The molecule has 0 heterocycles. The molecule has 0 radical (unpaired) electrons. The Labute approximate surface area is 99.4 Å². The molecule has 1 aromatic rings. The second-order valence-electron chi connectivity index (χ2n) is 3.65. The quantitative estimate of drug-likeness (QED) is 0.779. The summed E-state index contributed by atoms with van der Waals surface area (Å²) < 4.78 is 17.8. The van der Waals surface area contributed by atoms with E-state index in [1.807, 2.05) is 0 Å². The highest BCUT2D eigenvalue weighted by molar-refractivity contribution is 5.94. The number of nitrogens with one attached hydrogen (secondary N) is 1. The second kappa shape index (κ2) is 6.98. The third kappa shape index (κ3) is 4.50. The monoisotopic (exact) mass is 241 g/mol. The van der Waals surface area contributed by atoms with Crippen LogP contribution >= 0.6 is 0 Å². The minimum atomic E-state index is -0.455. The van der Waals surface area contributed by atoms with Crippen molar-refractivity contribution >= 4 is 5.91 Å². The smallest absolute Gasteiger partial charge is 0.251 e. The number of rotatable bonds is 6. The molecular weight excluding hydrogens is 225 g/mol. The molecule has 0 saturated carbocycles. The number of aliphatic hydroxyl groups excluding tert-OH is 1. The largest absolute Gasteiger partial charge is 0.396 e. The van der Waals surface area contributed by atoms with E-state index in [4.69, 9.17) is 9.84 Å². The van der Waals surface area contributed by atoms with E-state index < -0.39 is 5.82 Å². The third-order valence-electron chi connectivity index (χ3n) is 2.27. The molecule has 0 aromatic heterocycles. The van der Waals surface area contributed by atoms with E-state index >= 15 is 0 Å². The molecule has 0 spiro atoms. The fourth-order valence-corrected chi connectivity index (χ4v) is 1.45. The zero-order valence-corrected chi connectivity index (χ0v) is 9.65. The van der Waals surface area contributed by atoms with E-state index in [0.717, 1.165) is 6.07 Å². The molecule has 2 N–H and O–H groups in total. The van der Waals surface area contributed by atoms with Gasteiger partial charge >= 0.3 is 0 Å². The highest BCUT2D eigenvalue weighted by atomic mass is 19.1. The van der Waals surface area contributed by atoms with Gasteiger partial charge in [0.1, 0.15) is 5.82 Å². The summed E-state index contributed by atoms with van der Waals surface area (Å²) >= 11 is 0. The van der Waals surface area contributed by atoms with Gasteiger partial charge in [0.05, 0.1) is 12.6 Å². The average molecular weight is 241 g/mol. The first-order valence-corrected chi connectivity index (χ1v) is 5.33. The number of aliphatic hydroxyl groups is 1. The molecule has 0 saturated heterocycles. The fraction of sp³-hybridized carbons (Fsp3) is 0.417. The van der Waals surface area contributed by atoms with Crippen LogP contribution in [0.1, 0.15) is 16.8 Å². The molecule has 1 amide bonds. The van der Waals surface area contributed by atoms with Gasteiger partial charge in [-0.1, -0.05) is 6.07 Å². The molecule has 0 fully saturated rings. The van der Waals surface area contributed by atoms with Crippen LogP contribution in [-0.4, -0.2) is 37.4 Å². The van der Waals surface area contributed by atoms with Crippen molar-refractivity contribution in [2.75, 3.05) is 20.3 Å². The first-order chi connectivity index (χ1) is 8.17. The summed E-state index contributed by atoms with van der Waals surface area (Å²) in [5, 5.41) is 11.5.